The van der Waals surface area contributed by atoms with Crippen LogP contribution in [0.3, 0.4) is 0 Å². The second kappa shape index (κ2) is 4.19. The zero-order chi connectivity index (χ0) is 13.9. The van der Waals surface area contributed by atoms with Crippen LogP contribution in [-0.4, -0.2) is 5.78 Å². The first-order chi connectivity index (χ1) is 9.59. The molecular formula is C19H24O. The molecule has 0 heterocycles. The van der Waals surface area contributed by atoms with E-state index in [1.54, 1.807) is 11.1 Å². The normalized spacial score (nSPS) is 39.1. The number of Topliss-reactive ketones (excluding diaryl/α,β-unsaturated/α-hetero) is 1. The van der Waals surface area contributed by atoms with Crippen LogP contribution in [0.5, 0.6) is 0 Å². The highest BCUT2D eigenvalue weighted by atomic mass is 16.1. The molecule has 4 atom stereocenters. The Labute approximate surface area is 121 Å². The van der Waals surface area contributed by atoms with Gasteiger partial charge in [0.1, 0.15) is 5.78 Å². The molecule has 0 radical (unpaired) electrons. The smallest absolute Gasteiger partial charge is 0.139 e. The minimum absolute atomic E-state index is 0.0172. The Kier molecular flexibility index (Phi) is 2.64. The Morgan fingerprint density at radius 2 is 2.00 bits per heavy atom. The molecule has 106 valence electrons. The lowest BCUT2D eigenvalue weighted by Crippen LogP contribution is -2.42. The fraction of sp³-hybridized carbons (Fsp3) is 0.632. The standard InChI is InChI=1S/C19H24O/c1-12-3-5-14-13(11-12)4-6-16-15(14)9-10-19(2)17(16)7-8-18(19)20/h3,5,11,15-17H,4,6-10H2,1-2H3. The molecule has 1 aromatic carbocycles. The van der Waals surface area contributed by atoms with Crippen molar-refractivity contribution in [2.45, 2.75) is 58.3 Å². The molecule has 0 N–H and O–H groups in total. The van der Waals surface area contributed by atoms with Gasteiger partial charge in [-0.05, 0) is 67.9 Å². The number of hydrogen-bond acceptors (Lipinski definition) is 1. The van der Waals surface area contributed by atoms with E-state index >= 15 is 0 Å². The number of carbonyl (C=O) groups is 1. The van der Waals surface area contributed by atoms with Gasteiger partial charge in [0.25, 0.3) is 0 Å². The third kappa shape index (κ3) is 1.58. The van der Waals surface area contributed by atoms with Gasteiger partial charge >= 0.3 is 0 Å². The van der Waals surface area contributed by atoms with Crippen LogP contribution in [0.4, 0.5) is 0 Å². The van der Waals surface area contributed by atoms with Crippen molar-refractivity contribution < 1.29 is 4.79 Å². The molecule has 0 spiro atoms. The van der Waals surface area contributed by atoms with Gasteiger partial charge in [-0.25, -0.2) is 0 Å². The number of ketones is 1. The van der Waals surface area contributed by atoms with E-state index in [2.05, 4.69) is 32.0 Å². The molecule has 0 bridgehead atoms. The summed E-state index contributed by atoms with van der Waals surface area (Å²) in [6.45, 7) is 4.45. The SMILES string of the molecule is Cc1ccc2c(c1)CCC1C2CCC2(C)C(=O)CCC12. The average Bonchev–Trinajstić information content (AvgIpc) is 2.74. The molecule has 3 aliphatic rings. The highest BCUT2D eigenvalue weighted by Crippen LogP contribution is 2.59. The van der Waals surface area contributed by atoms with Crippen LogP contribution in [0.15, 0.2) is 18.2 Å². The Morgan fingerprint density at radius 1 is 1.15 bits per heavy atom. The molecule has 1 nitrogen and oxygen atoms in total. The highest BCUT2D eigenvalue weighted by molar-refractivity contribution is 5.87. The zero-order valence-electron chi connectivity index (χ0n) is 12.6. The summed E-state index contributed by atoms with van der Waals surface area (Å²) in [6.07, 6.45) is 6.85. The van der Waals surface area contributed by atoms with Crippen molar-refractivity contribution in [3.63, 3.8) is 0 Å². The third-order valence-corrected chi connectivity index (χ3v) is 6.59. The van der Waals surface area contributed by atoms with Crippen LogP contribution in [0.25, 0.3) is 0 Å². The molecule has 1 aromatic rings. The Balaban J connectivity index is 1.73. The van der Waals surface area contributed by atoms with E-state index in [1.807, 2.05) is 0 Å². The molecule has 2 fully saturated rings. The van der Waals surface area contributed by atoms with Crippen LogP contribution in [0.2, 0.25) is 0 Å². The van der Waals surface area contributed by atoms with Crippen molar-refractivity contribution in [3.05, 3.63) is 34.9 Å². The van der Waals surface area contributed by atoms with Crippen molar-refractivity contribution in [3.8, 4) is 0 Å². The van der Waals surface area contributed by atoms with Gasteiger partial charge in [-0.2, -0.15) is 0 Å². The number of benzene rings is 1. The van der Waals surface area contributed by atoms with E-state index < -0.39 is 0 Å². The molecule has 4 unspecified atom stereocenters. The molecule has 4 rings (SSSR count). The molecular weight excluding hydrogens is 244 g/mol. The van der Waals surface area contributed by atoms with Gasteiger partial charge in [-0.3, -0.25) is 4.79 Å². The maximum Gasteiger partial charge on any atom is 0.139 e. The van der Waals surface area contributed by atoms with Gasteiger partial charge in [0.15, 0.2) is 0 Å². The summed E-state index contributed by atoms with van der Waals surface area (Å²) >= 11 is 0. The van der Waals surface area contributed by atoms with Crippen molar-refractivity contribution >= 4 is 5.78 Å². The van der Waals surface area contributed by atoms with E-state index in [4.69, 9.17) is 0 Å². The van der Waals surface area contributed by atoms with Crippen LogP contribution in [0.1, 0.15) is 61.6 Å². The second-order valence-corrected chi connectivity index (χ2v) is 7.54. The molecule has 3 aliphatic carbocycles. The first-order valence-electron chi connectivity index (χ1n) is 8.22. The van der Waals surface area contributed by atoms with Crippen LogP contribution >= 0.6 is 0 Å². The lowest BCUT2D eigenvalue weighted by molar-refractivity contribution is -0.129. The summed E-state index contributed by atoms with van der Waals surface area (Å²) in [5.41, 5.74) is 4.59. The van der Waals surface area contributed by atoms with Crippen LogP contribution in [-0.2, 0) is 11.2 Å². The average molecular weight is 268 g/mol. The summed E-state index contributed by atoms with van der Waals surface area (Å²) in [7, 11) is 0. The van der Waals surface area contributed by atoms with Gasteiger partial charge in [0.2, 0.25) is 0 Å². The Bertz CT molecular complexity index is 573. The fourth-order valence-electron chi connectivity index (χ4n) is 5.48. The highest BCUT2D eigenvalue weighted by Gasteiger charge is 2.54. The quantitative estimate of drug-likeness (QED) is 0.680. The number of fused-ring (bicyclic) bond motifs is 5. The van der Waals surface area contributed by atoms with E-state index in [-0.39, 0.29) is 5.41 Å². The van der Waals surface area contributed by atoms with Gasteiger partial charge in [0, 0.05) is 11.8 Å². The van der Waals surface area contributed by atoms with E-state index in [0.717, 1.165) is 31.1 Å². The maximum absolute atomic E-state index is 12.3. The van der Waals surface area contributed by atoms with E-state index in [9.17, 15) is 4.79 Å². The lowest BCUT2D eigenvalue weighted by atomic mass is 9.55. The van der Waals surface area contributed by atoms with Crippen molar-refractivity contribution in [1.82, 2.24) is 0 Å². The second-order valence-electron chi connectivity index (χ2n) is 7.54. The molecule has 0 amide bonds. The number of hydrogen-bond donors (Lipinski definition) is 0. The Morgan fingerprint density at radius 3 is 2.85 bits per heavy atom. The summed E-state index contributed by atoms with van der Waals surface area (Å²) in [6, 6.07) is 7.04. The van der Waals surface area contributed by atoms with Crippen molar-refractivity contribution in [1.29, 1.82) is 0 Å². The van der Waals surface area contributed by atoms with Gasteiger partial charge in [-0.1, -0.05) is 30.7 Å². The topological polar surface area (TPSA) is 17.1 Å². The molecule has 0 saturated heterocycles. The largest absolute Gasteiger partial charge is 0.299 e. The summed E-state index contributed by atoms with van der Waals surface area (Å²) in [4.78, 5) is 12.3. The maximum atomic E-state index is 12.3. The van der Waals surface area contributed by atoms with Crippen molar-refractivity contribution in [2.24, 2.45) is 17.3 Å². The third-order valence-electron chi connectivity index (χ3n) is 6.59. The number of carbonyl (C=O) groups excluding carboxylic acids is 1. The van der Waals surface area contributed by atoms with Crippen molar-refractivity contribution in [2.75, 3.05) is 0 Å². The number of rotatable bonds is 0. The molecule has 0 aromatic heterocycles. The molecule has 2 saturated carbocycles. The first kappa shape index (κ1) is 12.6. The minimum atomic E-state index is 0.0172. The van der Waals surface area contributed by atoms with Gasteiger partial charge in [-0.15, -0.1) is 0 Å². The minimum Gasteiger partial charge on any atom is -0.299 e. The molecule has 20 heavy (non-hydrogen) atoms. The summed E-state index contributed by atoms with van der Waals surface area (Å²) in [5, 5.41) is 0. The summed E-state index contributed by atoms with van der Waals surface area (Å²) in [5.74, 6) is 2.69. The first-order valence-corrected chi connectivity index (χ1v) is 8.22. The summed E-state index contributed by atoms with van der Waals surface area (Å²) < 4.78 is 0. The monoisotopic (exact) mass is 268 g/mol. The predicted molar refractivity (Wildman–Crippen MR) is 80.8 cm³/mol. The number of aryl methyl sites for hydroxylation is 2. The van der Waals surface area contributed by atoms with Crippen LogP contribution < -0.4 is 0 Å². The van der Waals surface area contributed by atoms with E-state index in [1.165, 1.54) is 24.8 Å². The van der Waals surface area contributed by atoms with Crippen LogP contribution in [0, 0.1) is 24.2 Å². The predicted octanol–water partition coefficient (Wildman–Crippen LogP) is 4.42. The lowest BCUT2D eigenvalue weighted by Gasteiger charge is -2.48. The van der Waals surface area contributed by atoms with Gasteiger partial charge < -0.3 is 0 Å². The fourth-order valence-corrected chi connectivity index (χ4v) is 5.48. The zero-order valence-corrected chi connectivity index (χ0v) is 12.6. The Hall–Kier alpha value is -1.11. The molecule has 1 heteroatoms. The molecule has 0 aliphatic heterocycles. The van der Waals surface area contributed by atoms with E-state index in [0.29, 0.717) is 11.7 Å². The van der Waals surface area contributed by atoms with Gasteiger partial charge in [0.05, 0.1) is 0 Å².